The van der Waals surface area contributed by atoms with Crippen LogP contribution in [0.5, 0.6) is 0 Å². The second kappa shape index (κ2) is 6.67. The molecule has 20 heavy (non-hydrogen) atoms. The van der Waals surface area contributed by atoms with Crippen LogP contribution in [0, 0.1) is 17.8 Å². The predicted octanol–water partition coefficient (Wildman–Crippen LogP) is 3.50. The molecule has 108 valence electrons. The lowest BCUT2D eigenvalue weighted by Gasteiger charge is -2.23. The van der Waals surface area contributed by atoms with Gasteiger partial charge in [-0.15, -0.1) is 12.3 Å². The molecule has 0 atom stereocenters. The zero-order valence-corrected chi connectivity index (χ0v) is 13.2. The highest BCUT2D eigenvalue weighted by molar-refractivity contribution is 6.34. The average Bonchev–Trinajstić information content (AvgIpc) is 2.35. The Balaban J connectivity index is 2.79. The maximum atomic E-state index is 11.9. The summed E-state index contributed by atoms with van der Waals surface area (Å²) in [6, 6.07) is 5.36. The molecule has 1 aromatic rings. The zero-order chi connectivity index (χ0) is 15.3. The SMILES string of the molecule is C#CCC(C)(C)CNc1ccc(C(=O)N(C)C)c(Cl)c1. The largest absolute Gasteiger partial charge is 0.384 e. The van der Waals surface area contributed by atoms with Gasteiger partial charge in [0.1, 0.15) is 0 Å². The van der Waals surface area contributed by atoms with E-state index in [0.29, 0.717) is 17.0 Å². The summed E-state index contributed by atoms with van der Waals surface area (Å²) in [5.41, 5.74) is 1.40. The minimum atomic E-state index is -0.103. The summed E-state index contributed by atoms with van der Waals surface area (Å²) in [6.45, 7) is 4.95. The van der Waals surface area contributed by atoms with Crippen molar-refractivity contribution in [2.75, 3.05) is 26.0 Å². The molecule has 0 unspecified atom stereocenters. The summed E-state index contributed by atoms with van der Waals surface area (Å²) in [5.74, 6) is 2.57. The third-order valence-electron chi connectivity index (χ3n) is 2.96. The van der Waals surface area contributed by atoms with Gasteiger partial charge in [0, 0.05) is 32.7 Å². The van der Waals surface area contributed by atoms with Crippen molar-refractivity contribution in [1.82, 2.24) is 4.90 Å². The Kier molecular flexibility index (Phi) is 5.47. The smallest absolute Gasteiger partial charge is 0.254 e. The highest BCUT2D eigenvalue weighted by Crippen LogP contribution is 2.24. The first kappa shape index (κ1) is 16.4. The summed E-state index contributed by atoms with van der Waals surface area (Å²) in [6.07, 6.45) is 6.05. The highest BCUT2D eigenvalue weighted by Gasteiger charge is 2.17. The van der Waals surface area contributed by atoms with Gasteiger partial charge in [0.25, 0.3) is 5.91 Å². The molecule has 0 aromatic heterocycles. The lowest BCUT2D eigenvalue weighted by atomic mass is 9.90. The van der Waals surface area contributed by atoms with Crippen LogP contribution in [0.1, 0.15) is 30.6 Å². The second-order valence-electron chi connectivity index (χ2n) is 5.79. The third-order valence-corrected chi connectivity index (χ3v) is 3.27. The molecule has 0 bridgehead atoms. The van der Waals surface area contributed by atoms with Crippen LogP contribution in [-0.2, 0) is 0 Å². The lowest BCUT2D eigenvalue weighted by Crippen LogP contribution is -2.23. The van der Waals surface area contributed by atoms with Gasteiger partial charge in [0.2, 0.25) is 0 Å². The second-order valence-corrected chi connectivity index (χ2v) is 6.20. The molecule has 1 N–H and O–H groups in total. The average molecular weight is 293 g/mol. The number of amides is 1. The van der Waals surface area contributed by atoms with Crippen LogP contribution >= 0.6 is 11.6 Å². The molecule has 1 amide bonds. The molecule has 0 aliphatic heterocycles. The van der Waals surface area contributed by atoms with E-state index in [9.17, 15) is 4.79 Å². The molecule has 0 heterocycles. The minimum absolute atomic E-state index is 0.0132. The Hall–Kier alpha value is -1.66. The van der Waals surface area contributed by atoms with E-state index in [1.165, 1.54) is 4.90 Å². The van der Waals surface area contributed by atoms with Crippen molar-refractivity contribution in [2.24, 2.45) is 5.41 Å². The zero-order valence-electron chi connectivity index (χ0n) is 12.5. The number of nitrogens with zero attached hydrogens (tertiary/aromatic N) is 1. The number of carbonyl (C=O) groups excluding carboxylic acids is 1. The molecule has 0 spiro atoms. The number of rotatable bonds is 5. The number of terminal acetylenes is 1. The van der Waals surface area contributed by atoms with Gasteiger partial charge in [-0.05, 0) is 23.6 Å². The first-order valence-electron chi connectivity index (χ1n) is 6.45. The molecule has 1 aromatic carbocycles. The van der Waals surface area contributed by atoms with Crippen LogP contribution < -0.4 is 5.32 Å². The molecule has 0 fully saturated rings. The quantitative estimate of drug-likeness (QED) is 0.843. The first-order valence-corrected chi connectivity index (χ1v) is 6.83. The molecule has 0 saturated carbocycles. The monoisotopic (exact) mass is 292 g/mol. The normalized spacial score (nSPS) is 10.8. The van der Waals surface area contributed by atoms with Crippen LogP contribution in [0.3, 0.4) is 0 Å². The molecule has 3 nitrogen and oxygen atoms in total. The van der Waals surface area contributed by atoms with E-state index in [0.717, 1.165) is 12.2 Å². The van der Waals surface area contributed by atoms with Crippen molar-refractivity contribution >= 4 is 23.2 Å². The van der Waals surface area contributed by atoms with Gasteiger partial charge < -0.3 is 10.2 Å². The fourth-order valence-electron chi connectivity index (χ4n) is 1.72. The molecular weight excluding hydrogens is 272 g/mol. The van der Waals surface area contributed by atoms with Gasteiger partial charge in [0.05, 0.1) is 10.6 Å². The van der Waals surface area contributed by atoms with E-state index in [4.69, 9.17) is 18.0 Å². The van der Waals surface area contributed by atoms with Crippen LogP contribution in [0.4, 0.5) is 5.69 Å². The number of anilines is 1. The molecule has 4 heteroatoms. The standard InChI is InChI=1S/C16H21ClN2O/c1-6-9-16(2,3)11-18-12-7-8-13(14(17)10-12)15(20)19(4)5/h1,7-8,10,18H,9,11H2,2-5H3. The number of benzene rings is 1. The fourth-order valence-corrected chi connectivity index (χ4v) is 1.98. The number of hydrogen-bond donors (Lipinski definition) is 1. The number of halogens is 1. The van der Waals surface area contributed by atoms with Gasteiger partial charge in [-0.1, -0.05) is 25.4 Å². The molecule has 0 saturated heterocycles. The first-order chi connectivity index (χ1) is 9.26. The highest BCUT2D eigenvalue weighted by atomic mass is 35.5. The van der Waals surface area contributed by atoms with E-state index in [-0.39, 0.29) is 11.3 Å². The Labute approximate surface area is 126 Å². The predicted molar refractivity (Wildman–Crippen MR) is 85.2 cm³/mol. The summed E-state index contributed by atoms with van der Waals surface area (Å²) in [4.78, 5) is 13.4. The molecule has 1 rings (SSSR count). The van der Waals surface area contributed by atoms with Gasteiger partial charge in [-0.3, -0.25) is 4.79 Å². The minimum Gasteiger partial charge on any atom is -0.384 e. The molecule has 0 aliphatic carbocycles. The van der Waals surface area contributed by atoms with Gasteiger partial charge in [-0.25, -0.2) is 0 Å². The van der Waals surface area contributed by atoms with Crippen LogP contribution in [0.15, 0.2) is 18.2 Å². The van der Waals surface area contributed by atoms with Crippen LogP contribution in [0.25, 0.3) is 0 Å². The van der Waals surface area contributed by atoms with Gasteiger partial charge in [-0.2, -0.15) is 0 Å². The molecule has 0 radical (unpaired) electrons. The van der Waals surface area contributed by atoms with Crippen molar-refractivity contribution in [3.8, 4) is 12.3 Å². The Bertz CT molecular complexity index is 530. The summed E-state index contributed by atoms with van der Waals surface area (Å²) < 4.78 is 0. The topological polar surface area (TPSA) is 32.3 Å². The Morgan fingerprint density at radius 1 is 1.45 bits per heavy atom. The van der Waals surface area contributed by atoms with E-state index < -0.39 is 0 Å². The van der Waals surface area contributed by atoms with Crippen LogP contribution in [-0.4, -0.2) is 31.4 Å². The van der Waals surface area contributed by atoms with E-state index in [1.54, 1.807) is 26.2 Å². The third kappa shape index (κ3) is 4.47. The molecule has 0 aliphatic rings. The fraction of sp³-hybridized carbons (Fsp3) is 0.438. The van der Waals surface area contributed by atoms with Crippen molar-refractivity contribution in [3.05, 3.63) is 28.8 Å². The summed E-state index contributed by atoms with van der Waals surface area (Å²) in [5, 5.41) is 3.75. The number of nitrogens with one attached hydrogen (secondary N) is 1. The van der Waals surface area contributed by atoms with Crippen molar-refractivity contribution < 1.29 is 4.79 Å². The number of carbonyl (C=O) groups is 1. The lowest BCUT2D eigenvalue weighted by molar-refractivity contribution is 0.0828. The molecular formula is C16H21ClN2O. The summed E-state index contributed by atoms with van der Waals surface area (Å²) in [7, 11) is 3.40. The maximum absolute atomic E-state index is 11.9. The van der Waals surface area contributed by atoms with Crippen molar-refractivity contribution in [1.29, 1.82) is 0 Å². The van der Waals surface area contributed by atoms with E-state index >= 15 is 0 Å². The van der Waals surface area contributed by atoms with Gasteiger partial charge in [0.15, 0.2) is 0 Å². The van der Waals surface area contributed by atoms with E-state index in [2.05, 4.69) is 25.1 Å². The van der Waals surface area contributed by atoms with Crippen LogP contribution in [0.2, 0.25) is 5.02 Å². The van der Waals surface area contributed by atoms with Crippen molar-refractivity contribution in [2.45, 2.75) is 20.3 Å². The maximum Gasteiger partial charge on any atom is 0.254 e. The Morgan fingerprint density at radius 2 is 2.10 bits per heavy atom. The number of hydrogen-bond acceptors (Lipinski definition) is 2. The Morgan fingerprint density at radius 3 is 2.60 bits per heavy atom. The van der Waals surface area contributed by atoms with Gasteiger partial charge >= 0.3 is 0 Å². The summed E-state index contributed by atoms with van der Waals surface area (Å²) >= 11 is 6.16. The van der Waals surface area contributed by atoms with E-state index in [1.807, 2.05) is 6.07 Å². The van der Waals surface area contributed by atoms with Crippen molar-refractivity contribution in [3.63, 3.8) is 0 Å².